The first-order chi connectivity index (χ1) is 24.7. The maximum Gasteiger partial charge on any atom is 0.186 e. The molecule has 0 bridgehead atoms. The zero-order valence-corrected chi connectivity index (χ0v) is 31.2. The van der Waals surface area contributed by atoms with Crippen molar-refractivity contribution in [2.45, 2.75) is 171 Å². The summed E-state index contributed by atoms with van der Waals surface area (Å²) in [6, 6.07) is 0. The third-order valence-corrected chi connectivity index (χ3v) is 16.2. The maximum absolute atomic E-state index is 10.9. The largest absolute Gasteiger partial charge is 0.394 e. The molecule has 4 aliphatic heterocycles. The summed E-state index contributed by atoms with van der Waals surface area (Å²) >= 11 is 0. The van der Waals surface area contributed by atoms with E-state index in [2.05, 4.69) is 27.7 Å². The van der Waals surface area contributed by atoms with Crippen LogP contribution in [0.4, 0.5) is 0 Å². The van der Waals surface area contributed by atoms with Gasteiger partial charge < -0.3 is 64.2 Å². The number of fused-ring (bicyclic) bond motifs is 7. The van der Waals surface area contributed by atoms with Gasteiger partial charge in [-0.15, -0.1) is 0 Å². The second-order valence-corrected chi connectivity index (χ2v) is 18.8. The van der Waals surface area contributed by atoms with Crippen molar-refractivity contribution in [1.29, 1.82) is 0 Å². The van der Waals surface area contributed by atoms with Gasteiger partial charge in [0.05, 0.1) is 32.0 Å². The quantitative estimate of drug-likeness (QED) is 0.194. The van der Waals surface area contributed by atoms with Crippen LogP contribution in [0.3, 0.4) is 0 Å². The van der Waals surface area contributed by atoms with E-state index in [1.807, 2.05) is 0 Å². The number of aliphatic hydroxyl groups excluding tert-OH is 7. The van der Waals surface area contributed by atoms with Crippen LogP contribution in [0.15, 0.2) is 0 Å². The number of ether oxygens (including phenoxy) is 6. The summed E-state index contributed by atoms with van der Waals surface area (Å²) in [6.07, 6.45) is -3.38. The Hall–Kier alpha value is -0.520. The molecular weight excluding hydrogens is 676 g/mol. The highest BCUT2D eigenvalue weighted by Gasteiger charge is 2.69. The molecule has 13 nitrogen and oxygen atoms in total. The predicted octanol–water partition coefficient (Wildman–Crippen LogP) is 1.44. The molecule has 8 aliphatic rings. The van der Waals surface area contributed by atoms with Crippen LogP contribution >= 0.6 is 0 Å². The average molecular weight is 741 g/mol. The highest BCUT2D eigenvalue weighted by Crippen LogP contribution is 2.71. The van der Waals surface area contributed by atoms with Gasteiger partial charge in [0, 0.05) is 12.3 Å². The first-order valence-corrected chi connectivity index (χ1v) is 20.3. The van der Waals surface area contributed by atoms with Crippen molar-refractivity contribution in [2.24, 2.45) is 52.3 Å². The van der Waals surface area contributed by atoms with Crippen molar-refractivity contribution in [1.82, 2.24) is 0 Å². The van der Waals surface area contributed by atoms with Crippen molar-refractivity contribution in [3.63, 3.8) is 0 Å². The second-order valence-electron chi connectivity index (χ2n) is 18.8. The van der Waals surface area contributed by atoms with E-state index in [-0.39, 0.29) is 29.6 Å². The summed E-state index contributed by atoms with van der Waals surface area (Å²) in [5.41, 5.74) is 0.468. The van der Waals surface area contributed by atoms with Gasteiger partial charge in [0.1, 0.15) is 48.8 Å². The zero-order chi connectivity index (χ0) is 36.9. The third kappa shape index (κ3) is 6.06. The standard InChI is InChI=1S/C39H64O13/c1-18-7-12-39(48-16-18)19(2)28-25(52-39)14-24-22-6-5-20-13-21(8-10-37(20,3)23(22)9-11-38(24,28)4)49-36-34(46)32(44)30(42)27(51-36)17-47-35-33(45)31(43)29(41)26(15-40)50-35/h18-36,40-46H,5-17H2,1-4H3/t18-,19?,20?,21-,22?,23?,24?,25?,26+,27+,28?,29+,30+,31-,32-,33+,34+,35+,36?,37-,38-,39+/m0/s1. The van der Waals surface area contributed by atoms with E-state index in [0.717, 1.165) is 45.1 Å². The summed E-state index contributed by atoms with van der Waals surface area (Å²) in [6.45, 7) is 9.58. The summed E-state index contributed by atoms with van der Waals surface area (Å²) in [5.74, 6) is 3.63. The molecule has 1 spiro atoms. The lowest BCUT2D eigenvalue weighted by Crippen LogP contribution is -2.62. The van der Waals surface area contributed by atoms with Crippen LogP contribution in [-0.4, -0.2) is 135 Å². The Bertz CT molecular complexity index is 1260. The van der Waals surface area contributed by atoms with Crippen LogP contribution in [-0.2, 0) is 28.4 Å². The minimum Gasteiger partial charge on any atom is -0.394 e. The molecule has 13 heteroatoms. The molecule has 4 aliphatic carbocycles. The Balaban J connectivity index is 0.886. The SMILES string of the molecule is CC1C2C(CC3C4CCC5C[C@@H](OC6O[C@H](CO[C@@H]7O[C@H](CO)[C@@H](O)[C@H](O)[C@H]7O)[C@@H](O)[C@H](O)[C@H]6O)CC[C@]5(C)C4CC[C@@]32C)O[C@]12CC[C@H](C)CO2. The minimum absolute atomic E-state index is 0.188. The Morgan fingerprint density at radius 3 is 2.10 bits per heavy atom. The predicted molar refractivity (Wildman–Crippen MR) is 183 cm³/mol. The Labute approximate surface area is 307 Å². The van der Waals surface area contributed by atoms with Crippen molar-refractivity contribution in [3.8, 4) is 0 Å². The molecular formula is C39H64O13. The topological polar surface area (TPSA) is 197 Å². The molecule has 22 atom stereocenters. The molecule has 298 valence electrons. The number of hydrogen-bond donors (Lipinski definition) is 7. The summed E-state index contributed by atoms with van der Waals surface area (Å²) < 4.78 is 36.9. The number of hydrogen-bond acceptors (Lipinski definition) is 13. The van der Waals surface area contributed by atoms with Crippen molar-refractivity contribution in [2.75, 3.05) is 19.8 Å². The zero-order valence-electron chi connectivity index (χ0n) is 31.2. The molecule has 0 aromatic heterocycles. The summed E-state index contributed by atoms with van der Waals surface area (Å²) in [4.78, 5) is 0. The van der Waals surface area contributed by atoms with E-state index in [9.17, 15) is 35.7 Å². The molecule has 4 saturated carbocycles. The molecule has 52 heavy (non-hydrogen) atoms. The molecule has 8 unspecified atom stereocenters. The number of rotatable bonds is 6. The molecule has 0 aromatic rings. The van der Waals surface area contributed by atoms with E-state index in [4.69, 9.17) is 28.4 Å². The van der Waals surface area contributed by atoms with Gasteiger partial charge in [-0.3, -0.25) is 0 Å². The van der Waals surface area contributed by atoms with Gasteiger partial charge in [-0.05, 0) is 104 Å². The molecule has 8 fully saturated rings. The summed E-state index contributed by atoms with van der Waals surface area (Å²) in [7, 11) is 0. The average Bonchev–Trinajstić information content (AvgIpc) is 3.58. The van der Waals surface area contributed by atoms with Crippen molar-refractivity contribution >= 4 is 0 Å². The highest BCUT2D eigenvalue weighted by molar-refractivity contribution is 5.15. The Morgan fingerprint density at radius 1 is 0.692 bits per heavy atom. The molecule has 4 heterocycles. The second kappa shape index (κ2) is 14.1. The van der Waals surface area contributed by atoms with Gasteiger partial charge in [-0.2, -0.15) is 0 Å². The van der Waals surface area contributed by atoms with Gasteiger partial charge in [0.15, 0.2) is 18.4 Å². The molecule has 8 rings (SSSR count). The molecule has 0 amide bonds. The molecule has 7 N–H and O–H groups in total. The Kier molecular flexibility index (Phi) is 10.4. The van der Waals surface area contributed by atoms with Gasteiger partial charge in [-0.25, -0.2) is 0 Å². The fourth-order valence-electron chi connectivity index (χ4n) is 13.1. The number of aliphatic hydroxyl groups is 7. The maximum atomic E-state index is 10.9. The lowest BCUT2D eigenvalue weighted by atomic mass is 9.44. The first kappa shape index (κ1) is 38.4. The summed E-state index contributed by atoms with van der Waals surface area (Å²) in [5, 5.41) is 72.4. The lowest BCUT2D eigenvalue weighted by molar-refractivity contribution is -0.338. The molecule has 4 saturated heterocycles. The van der Waals surface area contributed by atoms with Gasteiger partial charge in [0.2, 0.25) is 0 Å². The van der Waals surface area contributed by atoms with E-state index in [1.54, 1.807) is 0 Å². The molecule has 0 aromatic carbocycles. The molecule has 0 radical (unpaired) electrons. The van der Waals surface area contributed by atoms with Gasteiger partial charge in [0.25, 0.3) is 0 Å². The first-order valence-electron chi connectivity index (χ1n) is 20.3. The van der Waals surface area contributed by atoms with Crippen LogP contribution < -0.4 is 0 Å². The third-order valence-electron chi connectivity index (χ3n) is 16.2. The monoisotopic (exact) mass is 740 g/mol. The van der Waals surface area contributed by atoms with E-state index in [1.165, 1.54) is 25.7 Å². The fraction of sp³-hybridized carbons (Fsp3) is 1.00. The van der Waals surface area contributed by atoms with E-state index < -0.39 is 73.8 Å². The van der Waals surface area contributed by atoms with Gasteiger partial charge >= 0.3 is 0 Å². The van der Waals surface area contributed by atoms with Crippen LogP contribution in [0.1, 0.15) is 91.9 Å². The van der Waals surface area contributed by atoms with Crippen molar-refractivity contribution < 1.29 is 64.2 Å². The lowest BCUT2D eigenvalue weighted by Gasteiger charge is -2.61. The smallest absolute Gasteiger partial charge is 0.186 e. The fourth-order valence-corrected chi connectivity index (χ4v) is 13.1. The Morgan fingerprint density at radius 2 is 1.38 bits per heavy atom. The minimum atomic E-state index is -1.62. The van der Waals surface area contributed by atoms with Crippen LogP contribution in [0.5, 0.6) is 0 Å². The highest BCUT2D eigenvalue weighted by atomic mass is 16.7. The van der Waals surface area contributed by atoms with Crippen LogP contribution in [0.2, 0.25) is 0 Å². The van der Waals surface area contributed by atoms with E-state index >= 15 is 0 Å². The van der Waals surface area contributed by atoms with Crippen molar-refractivity contribution in [3.05, 3.63) is 0 Å². The van der Waals surface area contributed by atoms with E-state index in [0.29, 0.717) is 41.4 Å². The van der Waals surface area contributed by atoms with Crippen LogP contribution in [0, 0.1) is 52.3 Å². The van der Waals surface area contributed by atoms with Crippen LogP contribution in [0.25, 0.3) is 0 Å². The normalized spacial score (nSPS) is 59.0. The van der Waals surface area contributed by atoms with Gasteiger partial charge in [-0.1, -0.05) is 27.7 Å².